The Morgan fingerprint density at radius 2 is 2.15 bits per heavy atom. The summed E-state index contributed by atoms with van der Waals surface area (Å²) < 4.78 is 13.7. The van der Waals surface area contributed by atoms with Crippen LogP contribution in [0.5, 0.6) is 0 Å². The van der Waals surface area contributed by atoms with Crippen LogP contribution in [0.4, 0.5) is 4.39 Å². The molecular formula is C15H18ClFN2O. The van der Waals surface area contributed by atoms with E-state index in [4.69, 9.17) is 11.6 Å². The molecule has 2 fully saturated rings. The molecule has 20 heavy (non-hydrogen) atoms. The number of rotatable bonds is 5. The number of halogens is 2. The number of benzene rings is 1. The summed E-state index contributed by atoms with van der Waals surface area (Å²) in [5.74, 6) is -0.560. The van der Waals surface area contributed by atoms with Crippen LogP contribution in [-0.4, -0.2) is 36.0 Å². The van der Waals surface area contributed by atoms with Gasteiger partial charge in [0.25, 0.3) is 0 Å². The summed E-state index contributed by atoms with van der Waals surface area (Å²) in [6.45, 7) is 3.16. The van der Waals surface area contributed by atoms with E-state index in [-0.39, 0.29) is 23.4 Å². The zero-order chi connectivity index (χ0) is 14.2. The van der Waals surface area contributed by atoms with Crippen LogP contribution in [0, 0.1) is 5.82 Å². The summed E-state index contributed by atoms with van der Waals surface area (Å²) in [4.78, 5) is 14.5. The summed E-state index contributed by atoms with van der Waals surface area (Å²) in [7, 11) is 0. The van der Waals surface area contributed by atoms with Gasteiger partial charge >= 0.3 is 0 Å². The Morgan fingerprint density at radius 1 is 1.40 bits per heavy atom. The number of amides is 1. The lowest BCUT2D eigenvalue weighted by Gasteiger charge is -2.34. The molecule has 1 saturated heterocycles. The summed E-state index contributed by atoms with van der Waals surface area (Å²) >= 11 is 5.95. The highest BCUT2D eigenvalue weighted by Crippen LogP contribution is 2.37. The highest BCUT2D eigenvalue weighted by atomic mass is 35.5. The molecule has 1 heterocycles. The van der Waals surface area contributed by atoms with E-state index >= 15 is 0 Å². The Morgan fingerprint density at radius 3 is 2.70 bits per heavy atom. The lowest BCUT2D eigenvalue weighted by molar-refractivity contribution is -0.121. The zero-order valence-electron chi connectivity index (χ0n) is 11.3. The fourth-order valence-electron chi connectivity index (χ4n) is 2.64. The largest absolute Gasteiger partial charge is 0.349 e. The van der Waals surface area contributed by atoms with E-state index in [1.807, 2.05) is 0 Å². The SMILES string of the molecule is O=C(Cc1c(F)cccc1Cl)NC1(CN2CCC2)CC1. The summed E-state index contributed by atoms with van der Waals surface area (Å²) in [6, 6.07) is 4.49. The van der Waals surface area contributed by atoms with Gasteiger partial charge in [0, 0.05) is 17.1 Å². The first kappa shape index (κ1) is 13.8. The van der Waals surface area contributed by atoms with Crippen molar-refractivity contribution in [1.29, 1.82) is 0 Å². The van der Waals surface area contributed by atoms with Crippen LogP contribution in [0.25, 0.3) is 0 Å². The first-order valence-corrected chi connectivity index (χ1v) is 7.42. The first-order valence-electron chi connectivity index (χ1n) is 7.04. The van der Waals surface area contributed by atoms with Crippen molar-refractivity contribution in [2.24, 2.45) is 0 Å². The van der Waals surface area contributed by atoms with Crippen LogP contribution in [0.15, 0.2) is 18.2 Å². The lowest BCUT2D eigenvalue weighted by Crippen LogP contribution is -2.50. The number of carbonyl (C=O) groups excluding carboxylic acids is 1. The Bertz CT molecular complexity index is 506. The second-order valence-electron chi connectivity index (χ2n) is 5.84. The number of nitrogens with one attached hydrogen (secondary N) is 1. The number of hydrogen-bond acceptors (Lipinski definition) is 2. The van der Waals surface area contributed by atoms with E-state index in [0.717, 1.165) is 32.5 Å². The van der Waals surface area contributed by atoms with Crippen LogP contribution in [0.2, 0.25) is 5.02 Å². The molecule has 0 aromatic heterocycles. The summed E-state index contributed by atoms with van der Waals surface area (Å²) in [6.07, 6.45) is 3.28. The van der Waals surface area contributed by atoms with Gasteiger partial charge in [-0.25, -0.2) is 4.39 Å². The van der Waals surface area contributed by atoms with Crippen molar-refractivity contribution in [3.05, 3.63) is 34.6 Å². The summed E-state index contributed by atoms with van der Waals surface area (Å²) in [5.41, 5.74) is 0.210. The highest BCUT2D eigenvalue weighted by Gasteiger charge is 2.45. The third-order valence-corrected chi connectivity index (χ3v) is 4.49. The first-order chi connectivity index (χ1) is 9.58. The van der Waals surface area contributed by atoms with E-state index in [0.29, 0.717) is 5.02 Å². The molecule has 1 aromatic rings. The molecule has 0 unspecified atom stereocenters. The second-order valence-corrected chi connectivity index (χ2v) is 6.24. The van der Waals surface area contributed by atoms with Gasteiger partial charge in [-0.2, -0.15) is 0 Å². The molecule has 108 valence electrons. The van der Waals surface area contributed by atoms with Gasteiger partial charge in [0.05, 0.1) is 12.0 Å². The van der Waals surface area contributed by atoms with Crippen molar-refractivity contribution in [2.75, 3.05) is 19.6 Å². The van der Waals surface area contributed by atoms with Crippen LogP contribution < -0.4 is 5.32 Å². The zero-order valence-corrected chi connectivity index (χ0v) is 12.0. The van der Waals surface area contributed by atoms with E-state index in [2.05, 4.69) is 10.2 Å². The van der Waals surface area contributed by atoms with E-state index in [1.165, 1.54) is 12.5 Å². The summed E-state index contributed by atoms with van der Waals surface area (Å²) in [5, 5.41) is 3.38. The number of likely N-dealkylation sites (tertiary alicyclic amines) is 1. The van der Waals surface area contributed by atoms with Crippen molar-refractivity contribution in [3.63, 3.8) is 0 Å². The van der Waals surface area contributed by atoms with Crippen LogP contribution >= 0.6 is 11.6 Å². The number of hydrogen-bond donors (Lipinski definition) is 1. The minimum atomic E-state index is -0.416. The minimum absolute atomic E-state index is 0.00720. The molecule has 1 N–H and O–H groups in total. The fraction of sp³-hybridized carbons (Fsp3) is 0.533. The number of carbonyl (C=O) groups is 1. The van der Waals surface area contributed by atoms with Gasteiger partial charge in [-0.05, 0) is 44.5 Å². The van der Waals surface area contributed by atoms with Gasteiger partial charge in [0.2, 0.25) is 5.91 Å². The second kappa shape index (κ2) is 5.34. The maximum absolute atomic E-state index is 13.7. The van der Waals surface area contributed by atoms with Crippen LogP contribution in [0.1, 0.15) is 24.8 Å². The normalized spacial score (nSPS) is 20.3. The predicted molar refractivity (Wildman–Crippen MR) is 76.3 cm³/mol. The fourth-order valence-corrected chi connectivity index (χ4v) is 2.87. The Labute approximate surface area is 123 Å². The Kier molecular flexibility index (Phi) is 3.69. The number of nitrogens with zero attached hydrogens (tertiary/aromatic N) is 1. The van der Waals surface area contributed by atoms with Crippen molar-refractivity contribution in [2.45, 2.75) is 31.2 Å². The molecule has 0 bridgehead atoms. The van der Waals surface area contributed by atoms with Crippen molar-refractivity contribution in [1.82, 2.24) is 10.2 Å². The maximum atomic E-state index is 13.7. The Balaban J connectivity index is 1.59. The van der Waals surface area contributed by atoms with E-state index in [1.54, 1.807) is 12.1 Å². The third-order valence-electron chi connectivity index (χ3n) is 4.13. The minimum Gasteiger partial charge on any atom is -0.349 e. The molecule has 1 aliphatic heterocycles. The average Bonchev–Trinajstić information content (AvgIpc) is 3.09. The maximum Gasteiger partial charge on any atom is 0.225 e. The lowest BCUT2D eigenvalue weighted by atomic mass is 10.1. The molecule has 1 amide bonds. The van der Waals surface area contributed by atoms with Crippen molar-refractivity contribution < 1.29 is 9.18 Å². The van der Waals surface area contributed by atoms with Gasteiger partial charge in [-0.3, -0.25) is 4.79 Å². The van der Waals surface area contributed by atoms with Crippen LogP contribution in [-0.2, 0) is 11.2 Å². The van der Waals surface area contributed by atoms with E-state index in [9.17, 15) is 9.18 Å². The van der Waals surface area contributed by atoms with Gasteiger partial charge < -0.3 is 10.2 Å². The van der Waals surface area contributed by atoms with Gasteiger partial charge in [0.1, 0.15) is 5.82 Å². The van der Waals surface area contributed by atoms with E-state index < -0.39 is 5.82 Å². The molecule has 0 spiro atoms. The smallest absolute Gasteiger partial charge is 0.225 e. The monoisotopic (exact) mass is 296 g/mol. The van der Waals surface area contributed by atoms with Gasteiger partial charge in [-0.1, -0.05) is 17.7 Å². The molecule has 1 aromatic carbocycles. The predicted octanol–water partition coefficient (Wildman–Crippen LogP) is 2.38. The Hall–Kier alpha value is -1.13. The quantitative estimate of drug-likeness (QED) is 0.905. The van der Waals surface area contributed by atoms with Crippen LogP contribution in [0.3, 0.4) is 0 Å². The molecule has 1 aliphatic carbocycles. The van der Waals surface area contributed by atoms with Gasteiger partial charge in [-0.15, -0.1) is 0 Å². The molecule has 0 atom stereocenters. The highest BCUT2D eigenvalue weighted by molar-refractivity contribution is 6.31. The molecule has 1 saturated carbocycles. The molecule has 3 rings (SSSR count). The molecule has 2 aliphatic rings. The molecule has 3 nitrogen and oxygen atoms in total. The average molecular weight is 297 g/mol. The van der Waals surface area contributed by atoms with Crippen molar-refractivity contribution in [3.8, 4) is 0 Å². The van der Waals surface area contributed by atoms with Crippen molar-refractivity contribution >= 4 is 17.5 Å². The third kappa shape index (κ3) is 2.96. The molecular weight excluding hydrogens is 279 g/mol. The standard InChI is InChI=1S/C15H18ClFN2O/c16-12-3-1-4-13(17)11(12)9-14(20)18-15(5-6-15)10-19-7-2-8-19/h1,3-4H,2,5-10H2,(H,18,20). The topological polar surface area (TPSA) is 32.3 Å². The molecule has 5 heteroatoms. The molecule has 0 radical (unpaired) electrons. The van der Waals surface area contributed by atoms with Gasteiger partial charge in [0.15, 0.2) is 0 Å².